The van der Waals surface area contributed by atoms with Crippen molar-refractivity contribution >= 4 is 52.6 Å². The van der Waals surface area contributed by atoms with Gasteiger partial charge in [0.25, 0.3) is 5.56 Å². The zero-order valence-electron chi connectivity index (χ0n) is 15.1. The van der Waals surface area contributed by atoms with E-state index in [-0.39, 0.29) is 18.0 Å². The van der Waals surface area contributed by atoms with Crippen LogP contribution in [-0.4, -0.2) is 24.7 Å². The number of H-pyrrole nitrogens is 1. The van der Waals surface area contributed by atoms with Crippen LogP contribution in [0.25, 0.3) is 11.0 Å². The maximum absolute atomic E-state index is 12.6. The predicted molar refractivity (Wildman–Crippen MR) is 117 cm³/mol. The van der Waals surface area contributed by atoms with Gasteiger partial charge in [0.1, 0.15) is 5.52 Å². The van der Waals surface area contributed by atoms with Crippen LogP contribution in [0.3, 0.4) is 0 Å². The number of benzene rings is 1. The molecule has 0 spiro atoms. The standard InChI is InChI=1S/C19H16Cl2N6O.ClH/c20-14-4-3-13(8-15(14)21)10-23-19-25-16-11-24-27(17(16)18(28)26-19)7-5-12-2-1-6-22-9-12;/h1-4,6,8-9,11H,5,7,10H2,(H2,23,25,26,28);1H. The Morgan fingerprint density at radius 2 is 1.97 bits per heavy atom. The van der Waals surface area contributed by atoms with Gasteiger partial charge in [-0.25, -0.2) is 4.98 Å². The van der Waals surface area contributed by atoms with Crippen molar-refractivity contribution in [1.29, 1.82) is 0 Å². The number of aromatic nitrogens is 5. The van der Waals surface area contributed by atoms with Gasteiger partial charge in [-0.2, -0.15) is 5.10 Å². The monoisotopic (exact) mass is 450 g/mol. The van der Waals surface area contributed by atoms with Crippen LogP contribution in [0.4, 0.5) is 5.95 Å². The van der Waals surface area contributed by atoms with E-state index in [9.17, 15) is 4.79 Å². The van der Waals surface area contributed by atoms with Gasteiger partial charge < -0.3 is 5.32 Å². The number of halogens is 3. The number of aryl methyl sites for hydroxylation is 2. The normalized spacial score (nSPS) is 10.7. The highest BCUT2D eigenvalue weighted by Crippen LogP contribution is 2.22. The Bertz CT molecular complexity index is 1180. The summed E-state index contributed by atoms with van der Waals surface area (Å²) in [7, 11) is 0. The molecule has 0 fully saturated rings. The minimum absolute atomic E-state index is 0. The number of fused-ring (bicyclic) bond motifs is 1. The molecule has 0 aliphatic heterocycles. The molecule has 0 aliphatic rings. The highest BCUT2D eigenvalue weighted by Gasteiger charge is 2.11. The van der Waals surface area contributed by atoms with Crippen LogP contribution < -0.4 is 10.9 Å². The van der Waals surface area contributed by atoms with Gasteiger partial charge in [-0.1, -0.05) is 35.3 Å². The quantitative estimate of drug-likeness (QED) is 0.461. The Kier molecular flexibility index (Phi) is 6.74. The van der Waals surface area contributed by atoms with Crippen molar-refractivity contribution in [3.05, 3.63) is 80.4 Å². The van der Waals surface area contributed by atoms with Gasteiger partial charge in [-0.3, -0.25) is 19.4 Å². The van der Waals surface area contributed by atoms with E-state index in [2.05, 4.69) is 25.4 Å². The molecule has 29 heavy (non-hydrogen) atoms. The lowest BCUT2D eigenvalue weighted by atomic mass is 10.2. The lowest BCUT2D eigenvalue weighted by Gasteiger charge is -2.07. The zero-order valence-corrected chi connectivity index (χ0v) is 17.4. The summed E-state index contributed by atoms with van der Waals surface area (Å²) < 4.78 is 1.66. The molecule has 0 bridgehead atoms. The van der Waals surface area contributed by atoms with Gasteiger partial charge in [-0.15, -0.1) is 12.4 Å². The van der Waals surface area contributed by atoms with Gasteiger partial charge in [0.2, 0.25) is 5.95 Å². The number of hydrogen-bond donors (Lipinski definition) is 2. The van der Waals surface area contributed by atoms with Gasteiger partial charge in [0, 0.05) is 25.5 Å². The first-order valence-corrected chi connectivity index (χ1v) is 9.38. The van der Waals surface area contributed by atoms with Crippen LogP contribution >= 0.6 is 35.6 Å². The third-order valence-corrected chi connectivity index (χ3v) is 5.02. The minimum Gasteiger partial charge on any atom is -0.352 e. The van der Waals surface area contributed by atoms with Crippen molar-refractivity contribution in [2.24, 2.45) is 0 Å². The van der Waals surface area contributed by atoms with Crippen molar-refractivity contribution < 1.29 is 0 Å². The summed E-state index contributed by atoms with van der Waals surface area (Å²) >= 11 is 12.0. The summed E-state index contributed by atoms with van der Waals surface area (Å²) in [6.45, 7) is 1.01. The van der Waals surface area contributed by atoms with Gasteiger partial charge in [-0.05, 0) is 35.7 Å². The van der Waals surface area contributed by atoms with E-state index >= 15 is 0 Å². The number of aromatic amines is 1. The number of anilines is 1. The molecular formula is C19H17Cl3N6O. The van der Waals surface area contributed by atoms with Gasteiger partial charge in [0.15, 0.2) is 5.52 Å². The summed E-state index contributed by atoms with van der Waals surface area (Å²) in [5.74, 6) is 0.371. The van der Waals surface area contributed by atoms with Crippen LogP contribution in [0.1, 0.15) is 11.1 Å². The van der Waals surface area contributed by atoms with Crippen LogP contribution in [0.5, 0.6) is 0 Å². The molecule has 0 saturated carbocycles. The first-order valence-electron chi connectivity index (χ1n) is 8.63. The molecule has 3 aromatic heterocycles. The van der Waals surface area contributed by atoms with Crippen molar-refractivity contribution in [2.45, 2.75) is 19.5 Å². The summed E-state index contributed by atoms with van der Waals surface area (Å²) in [4.78, 5) is 23.9. The molecule has 0 unspecified atom stereocenters. The topological polar surface area (TPSA) is 88.5 Å². The number of rotatable bonds is 6. The smallest absolute Gasteiger partial charge is 0.278 e. The molecule has 0 radical (unpaired) electrons. The third-order valence-electron chi connectivity index (χ3n) is 4.28. The minimum atomic E-state index is -0.245. The molecule has 0 aliphatic carbocycles. The molecule has 1 aromatic carbocycles. The van der Waals surface area contributed by atoms with E-state index in [1.165, 1.54) is 0 Å². The zero-order chi connectivity index (χ0) is 19.5. The second-order valence-electron chi connectivity index (χ2n) is 6.23. The lowest BCUT2D eigenvalue weighted by molar-refractivity contribution is 0.632. The summed E-state index contributed by atoms with van der Waals surface area (Å²) in [6.07, 6.45) is 5.85. The molecule has 7 nitrogen and oxygen atoms in total. The fourth-order valence-corrected chi connectivity index (χ4v) is 3.20. The molecule has 0 amide bonds. The first-order chi connectivity index (χ1) is 13.6. The molecule has 10 heteroatoms. The molecule has 2 N–H and O–H groups in total. The van der Waals surface area contributed by atoms with Gasteiger partial charge >= 0.3 is 0 Å². The van der Waals surface area contributed by atoms with Crippen molar-refractivity contribution in [2.75, 3.05) is 5.32 Å². The van der Waals surface area contributed by atoms with E-state index in [4.69, 9.17) is 23.2 Å². The number of pyridine rings is 1. The average molecular weight is 452 g/mol. The van der Waals surface area contributed by atoms with Crippen LogP contribution in [0, 0.1) is 0 Å². The number of nitrogens with zero attached hydrogens (tertiary/aromatic N) is 4. The van der Waals surface area contributed by atoms with Crippen molar-refractivity contribution in [1.82, 2.24) is 24.7 Å². The maximum Gasteiger partial charge on any atom is 0.278 e. The van der Waals surface area contributed by atoms with E-state index in [1.807, 2.05) is 18.2 Å². The highest BCUT2D eigenvalue weighted by molar-refractivity contribution is 6.42. The van der Waals surface area contributed by atoms with E-state index < -0.39 is 0 Å². The Labute approximate surface area is 182 Å². The number of nitrogens with one attached hydrogen (secondary N) is 2. The lowest BCUT2D eigenvalue weighted by Crippen LogP contribution is -2.16. The summed E-state index contributed by atoms with van der Waals surface area (Å²) in [5, 5.41) is 8.38. The third kappa shape index (κ3) is 4.87. The number of hydrogen-bond acceptors (Lipinski definition) is 5. The summed E-state index contributed by atoms with van der Waals surface area (Å²) in [6, 6.07) is 9.23. The molecular weight excluding hydrogens is 435 g/mol. The fraction of sp³-hybridized carbons (Fsp3) is 0.158. The second kappa shape index (κ2) is 9.26. The predicted octanol–water partition coefficient (Wildman–Crippen LogP) is 4.10. The van der Waals surface area contributed by atoms with E-state index in [0.717, 1.165) is 17.5 Å². The van der Waals surface area contributed by atoms with E-state index in [0.29, 0.717) is 40.1 Å². The molecule has 3 heterocycles. The molecule has 4 rings (SSSR count). The first kappa shape index (κ1) is 21.1. The summed E-state index contributed by atoms with van der Waals surface area (Å²) in [5.41, 5.74) is 2.74. The van der Waals surface area contributed by atoms with Crippen molar-refractivity contribution in [3.8, 4) is 0 Å². The average Bonchev–Trinajstić information content (AvgIpc) is 3.12. The maximum atomic E-state index is 12.6. The molecule has 150 valence electrons. The van der Waals surface area contributed by atoms with E-state index in [1.54, 1.807) is 35.4 Å². The second-order valence-corrected chi connectivity index (χ2v) is 7.04. The van der Waals surface area contributed by atoms with Gasteiger partial charge in [0.05, 0.1) is 16.2 Å². The molecule has 0 saturated heterocycles. The Hall–Kier alpha value is -2.61. The van der Waals surface area contributed by atoms with Crippen LogP contribution in [0.2, 0.25) is 10.0 Å². The molecule has 0 atom stereocenters. The highest BCUT2D eigenvalue weighted by atomic mass is 35.5. The molecule has 4 aromatic rings. The Balaban J connectivity index is 0.00000240. The van der Waals surface area contributed by atoms with Crippen molar-refractivity contribution in [3.63, 3.8) is 0 Å². The Morgan fingerprint density at radius 1 is 1.10 bits per heavy atom. The SMILES string of the molecule is Cl.O=c1[nH]c(NCc2ccc(Cl)c(Cl)c2)nc2cnn(CCc3cccnc3)c12. The Morgan fingerprint density at radius 3 is 2.72 bits per heavy atom. The fourth-order valence-electron chi connectivity index (χ4n) is 2.88. The van der Waals surface area contributed by atoms with Crippen LogP contribution in [0.15, 0.2) is 53.7 Å². The largest absolute Gasteiger partial charge is 0.352 e. The van der Waals surface area contributed by atoms with Crippen LogP contribution in [-0.2, 0) is 19.5 Å².